The second kappa shape index (κ2) is 2.50. The van der Waals surface area contributed by atoms with Gasteiger partial charge < -0.3 is 5.11 Å². The molecule has 1 aliphatic carbocycles. The Morgan fingerprint density at radius 3 is 2.91 bits per heavy atom. The van der Waals surface area contributed by atoms with Crippen molar-refractivity contribution < 1.29 is 9.90 Å². The molecule has 0 radical (unpaired) electrons. The SMILES string of the molecule is O=C1C2C=CC(O)C1C=CS2. The number of Topliss-reactive ketones (excluding diaryl/α,β-unsaturated/α-hetero) is 1. The molecule has 2 aliphatic rings. The van der Waals surface area contributed by atoms with Gasteiger partial charge in [0.15, 0.2) is 5.78 Å². The second-order valence-electron chi connectivity index (χ2n) is 2.69. The van der Waals surface area contributed by atoms with Crippen LogP contribution in [0.2, 0.25) is 0 Å². The second-order valence-corrected chi connectivity index (χ2v) is 3.74. The molecule has 0 aromatic rings. The van der Waals surface area contributed by atoms with Gasteiger partial charge in [0.05, 0.1) is 17.3 Å². The number of carbonyl (C=O) groups is 1. The first-order chi connectivity index (χ1) is 5.29. The van der Waals surface area contributed by atoms with Crippen LogP contribution < -0.4 is 0 Å². The molecule has 1 N–H and O–H groups in total. The van der Waals surface area contributed by atoms with Crippen molar-refractivity contribution in [2.24, 2.45) is 5.92 Å². The molecule has 3 unspecified atom stereocenters. The van der Waals surface area contributed by atoms with Crippen LogP contribution in [0.5, 0.6) is 0 Å². The first-order valence-corrected chi connectivity index (χ1v) is 4.45. The molecular weight excluding hydrogens is 160 g/mol. The minimum atomic E-state index is -0.601. The predicted molar refractivity (Wildman–Crippen MR) is 44.2 cm³/mol. The van der Waals surface area contributed by atoms with Crippen molar-refractivity contribution in [1.82, 2.24) is 0 Å². The molecule has 2 nitrogen and oxygen atoms in total. The van der Waals surface area contributed by atoms with Crippen LogP contribution in [0.25, 0.3) is 0 Å². The Balaban J connectivity index is 2.37. The van der Waals surface area contributed by atoms with Crippen LogP contribution in [0.15, 0.2) is 23.6 Å². The maximum absolute atomic E-state index is 11.3. The van der Waals surface area contributed by atoms with Gasteiger partial charge in [-0.1, -0.05) is 18.2 Å². The lowest BCUT2D eigenvalue weighted by molar-refractivity contribution is -0.122. The Kier molecular flexibility index (Phi) is 1.62. The maximum Gasteiger partial charge on any atom is 0.159 e. The Morgan fingerprint density at radius 1 is 1.36 bits per heavy atom. The zero-order valence-corrected chi connectivity index (χ0v) is 6.62. The number of fused-ring (bicyclic) bond motifs is 2. The van der Waals surface area contributed by atoms with Gasteiger partial charge in [-0.3, -0.25) is 4.79 Å². The van der Waals surface area contributed by atoms with E-state index in [-0.39, 0.29) is 17.0 Å². The van der Waals surface area contributed by atoms with Crippen LogP contribution in [-0.2, 0) is 4.79 Å². The Labute approximate surface area is 69.0 Å². The number of thioether (sulfide) groups is 1. The van der Waals surface area contributed by atoms with Crippen LogP contribution in [-0.4, -0.2) is 22.2 Å². The molecule has 1 heterocycles. The van der Waals surface area contributed by atoms with E-state index in [4.69, 9.17) is 0 Å². The Bertz CT molecular complexity index is 244. The molecule has 2 bridgehead atoms. The number of hydrogen-bond acceptors (Lipinski definition) is 3. The highest BCUT2D eigenvalue weighted by molar-refractivity contribution is 8.03. The van der Waals surface area contributed by atoms with Crippen molar-refractivity contribution in [2.75, 3.05) is 0 Å². The standard InChI is InChI=1S/C8H8O2S/c9-6-1-2-7-8(10)5(6)3-4-11-7/h1-7,9H. The van der Waals surface area contributed by atoms with E-state index >= 15 is 0 Å². The summed E-state index contributed by atoms with van der Waals surface area (Å²) in [5.74, 6) is -0.154. The van der Waals surface area contributed by atoms with Gasteiger partial charge in [0.2, 0.25) is 0 Å². The van der Waals surface area contributed by atoms with E-state index in [1.165, 1.54) is 11.8 Å². The van der Waals surface area contributed by atoms with Gasteiger partial charge in [-0.15, -0.1) is 11.8 Å². The summed E-state index contributed by atoms with van der Waals surface area (Å²) in [4.78, 5) is 11.3. The topological polar surface area (TPSA) is 37.3 Å². The Hall–Kier alpha value is -0.540. The molecule has 3 heteroatoms. The molecule has 58 valence electrons. The van der Waals surface area contributed by atoms with Gasteiger partial charge in [-0.05, 0) is 5.41 Å². The highest BCUT2D eigenvalue weighted by atomic mass is 32.2. The van der Waals surface area contributed by atoms with Crippen molar-refractivity contribution in [2.45, 2.75) is 11.4 Å². The van der Waals surface area contributed by atoms with Gasteiger partial charge in [-0.25, -0.2) is 0 Å². The summed E-state index contributed by atoms with van der Waals surface area (Å²) < 4.78 is 0. The van der Waals surface area contributed by atoms with E-state index in [1.54, 1.807) is 18.2 Å². The number of hydrogen-bond donors (Lipinski definition) is 1. The quantitative estimate of drug-likeness (QED) is 0.542. The summed E-state index contributed by atoms with van der Waals surface area (Å²) in [5.41, 5.74) is 0. The fourth-order valence-electron chi connectivity index (χ4n) is 1.32. The van der Waals surface area contributed by atoms with E-state index in [1.807, 2.05) is 5.41 Å². The van der Waals surface area contributed by atoms with Crippen LogP contribution in [0.3, 0.4) is 0 Å². The summed E-state index contributed by atoms with van der Waals surface area (Å²) in [7, 11) is 0. The highest BCUT2D eigenvalue weighted by Crippen LogP contribution is 2.31. The molecular formula is C8H8O2S. The van der Waals surface area contributed by atoms with E-state index in [2.05, 4.69) is 0 Å². The molecule has 1 aliphatic heterocycles. The molecule has 2 rings (SSSR count). The minimum absolute atomic E-state index is 0.0478. The molecule has 0 aromatic carbocycles. The van der Waals surface area contributed by atoms with Crippen LogP contribution in [0, 0.1) is 5.92 Å². The molecule has 11 heavy (non-hydrogen) atoms. The smallest absolute Gasteiger partial charge is 0.159 e. The third kappa shape index (κ3) is 1.04. The zero-order chi connectivity index (χ0) is 7.84. The lowest BCUT2D eigenvalue weighted by Crippen LogP contribution is -2.36. The summed E-state index contributed by atoms with van der Waals surface area (Å²) in [5, 5.41) is 11.2. The molecule has 0 fully saturated rings. The molecule has 0 spiro atoms. The summed E-state index contributed by atoms with van der Waals surface area (Å²) >= 11 is 1.50. The zero-order valence-electron chi connectivity index (χ0n) is 5.81. The van der Waals surface area contributed by atoms with Crippen LogP contribution >= 0.6 is 11.8 Å². The summed E-state index contributed by atoms with van der Waals surface area (Å²) in [6.45, 7) is 0. The fraction of sp³-hybridized carbons (Fsp3) is 0.375. The van der Waals surface area contributed by atoms with E-state index in [0.717, 1.165) is 0 Å². The molecule has 0 aromatic heterocycles. The van der Waals surface area contributed by atoms with Gasteiger partial charge in [-0.2, -0.15) is 0 Å². The number of ketones is 1. The summed E-state index contributed by atoms with van der Waals surface area (Å²) in [6, 6.07) is 0. The number of aliphatic hydroxyl groups excluding tert-OH is 1. The number of carbonyl (C=O) groups excluding carboxylic acids is 1. The van der Waals surface area contributed by atoms with Crippen molar-refractivity contribution in [3.63, 3.8) is 0 Å². The monoisotopic (exact) mass is 168 g/mol. The average Bonchev–Trinajstić information content (AvgIpc) is 1.98. The van der Waals surface area contributed by atoms with Gasteiger partial charge in [0, 0.05) is 0 Å². The lowest BCUT2D eigenvalue weighted by Gasteiger charge is -2.27. The van der Waals surface area contributed by atoms with E-state index < -0.39 is 6.10 Å². The molecule has 0 saturated heterocycles. The summed E-state index contributed by atoms with van der Waals surface area (Å²) in [6.07, 6.45) is 4.65. The third-order valence-electron chi connectivity index (χ3n) is 1.97. The largest absolute Gasteiger partial charge is 0.388 e. The minimum Gasteiger partial charge on any atom is -0.388 e. The number of rotatable bonds is 0. The van der Waals surface area contributed by atoms with Crippen molar-refractivity contribution in [3.8, 4) is 0 Å². The molecule has 0 amide bonds. The van der Waals surface area contributed by atoms with Crippen molar-refractivity contribution >= 4 is 17.5 Å². The van der Waals surface area contributed by atoms with E-state index in [0.29, 0.717) is 0 Å². The number of aliphatic hydroxyl groups is 1. The van der Waals surface area contributed by atoms with Gasteiger partial charge in [0.25, 0.3) is 0 Å². The molecule has 0 saturated carbocycles. The Morgan fingerprint density at radius 2 is 2.18 bits per heavy atom. The normalized spacial score (nSPS) is 41.2. The predicted octanol–water partition coefficient (Wildman–Crippen LogP) is 0.732. The third-order valence-corrected chi connectivity index (χ3v) is 2.97. The molecule has 3 atom stereocenters. The van der Waals surface area contributed by atoms with Crippen molar-refractivity contribution in [1.29, 1.82) is 0 Å². The van der Waals surface area contributed by atoms with E-state index in [9.17, 15) is 9.90 Å². The fourth-order valence-corrected chi connectivity index (χ4v) is 2.23. The first-order valence-electron chi connectivity index (χ1n) is 3.51. The van der Waals surface area contributed by atoms with Crippen molar-refractivity contribution in [3.05, 3.63) is 23.6 Å². The first kappa shape index (κ1) is 7.13. The van der Waals surface area contributed by atoms with Gasteiger partial charge in [0.1, 0.15) is 0 Å². The van der Waals surface area contributed by atoms with Gasteiger partial charge >= 0.3 is 0 Å². The lowest BCUT2D eigenvalue weighted by atomic mass is 9.90. The maximum atomic E-state index is 11.3. The van der Waals surface area contributed by atoms with Crippen LogP contribution in [0.4, 0.5) is 0 Å². The highest BCUT2D eigenvalue weighted by Gasteiger charge is 2.34. The van der Waals surface area contributed by atoms with Crippen LogP contribution in [0.1, 0.15) is 0 Å². The average molecular weight is 168 g/mol.